The van der Waals surface area contributed by atoms with Crippen molar-refractivity contribution in [3.8, 4) is 0 Å². The second kappa shape index (κ2) is 9.64. The molecule has 0 saturated carbocycles. The molecule has 8 nitrogen and oxygen atoms in total. The number of carbonyl (C=O) groups excluding carboxylic acids is 1. The Hall–Kier alpha value is -3.68. The van der Waals surface area contributed by atoms with Crippen molar-refractivity contribution in [3.63, 3.8) is 0 Å². The minimum atomic E-state index is -1.10. The van der Waals surface area contributed by atoms with Crippen molar-refractivity contribution in [1.29, 1.82) is 0 Å². The van der Waals surface area contributed by atoms with Gasteiger partial charge in [-0.15, -0.1) is 0 Å². The van der Waals surface area contributed by atoms with E-state index < -0.39 is 5.97 Å². The van der Waals surface area contributed by atoms with Gasteiger partial charge in [0.25, 0.3) is 5.91 Å². The molecule has 168 valence electrons. The molecule has 2 aromatic heterocycles. The lowest BCUT2D eigenvalue weighted by molar-refractivity contribution is 0.0696. The maximum atomic E-state index is 12.5. The third kappa shape index (κ3) is 4.96. The first-order valence-electron chi connectivity index (χ1n) is 10.6. The van der Waals surface area contributed by atoms with E-state index in [1.165, 1.54) is 12.3 Å². The van der Waals surface area contributed by atoms with Gasteiger partial charge in [0.2, 0.25) is 0 Å². The fourth-order valence-corrected chi connectivity index (χ4v) is 3.77. The van der Waals surface area contributed by atoms with Crippen LogP contribution in [0, 0.1) is 20.8 Å². The average Bonchev–Trinajstić information content (AvgIpc) is 3.04. The fraction of sp³-hybridized carbons (Fsp3) is 0.333. The van der Waals surface area contributed by atoms with Gasteiger partial charge in [-0.1, -0.05) is 17.7 Å². The summed E-state index contributed by atoms with van der Waals surface area (Å²) in [5.74, 6) is -1.06. The molecule has 0 fully saturated rings. The summed E-state index contributed by atoms with van der Waals surface area (Å²) >= 11 is 0. The molecular formula is C24H29N5O3. The molecule has 2 heterocycles. The number of pyridine rings is 1. The highest BCUT2D eigenvalue weighted by Gasteiger charge is 2.19. The summed E-state index contributed by atoms with van der Waals surface area (Å²) in [5.41, 5.74) is 5.11. The lowest BCUT2D eigenvalue weighted by Gasteiger charge is -2.20. The van der Waals surface area contributed by atoms with Crippen molar-refractivity contribution >= 4 is 23.4 Å². The standard InChI is InChI=1S/C24H29N5O3/c1-6-29-17(4)20(16(3)27-29)10-11-28(5)22-21(24(31)32)13-19(14-25-22)26-23(30)18-9-7-8-15(2)12-18/h7-9,12-14H,6,10-11H2,1-5H3,(H,26,30)(H,31,32). The van der Waals surface area contributed by atoms with E-state index in [2.05, 4.69) is 22.3 Å². The number of aromatic nitrogens is 3. The van der Waals surface area contributed by atoms with Crippen LogP contribution in [0.3, 0.4) is 0 Å². The number of nitrogens with zero attached hydrogens (tertiary/aromatic N) is 4. The van der Waals surface area contributed by atoms with Crippen LogP contribution in [0.5, 0.6) is 0 Å². The highest BCUT2D eigenvalue weighted by Crippen LogP contribution is 2.22. The summed E-state index contributed by atoms with van der Waals surface area (Å²) in [5, 5.41) is 17.0. The molecule has 0 unspecified atom stereocenters. The van der Waals surface area contributed by atoms with E-state index in [4.69, 9.17) is 0 Å². The summed E-state index contributed by atoms with van der Waals surface area (Å²) in [6.07, 6.45) is 2.21. The Morgan fingerprint density at radius 2 is 1.94 bits per heavy atom. The second-order valence-electron chi connectivity index (χ2n) is 7.86. The van der Waals surface area contributed by atoms with E-state index in [1.54, 1.807) is 18.2 Å². The maximum absolute atomic E-state index is 12.5. The number of carboxylic acids is 1. The number of hydrogen-bond donors (Lipinski definition) is 2. The number of rotatable bonds is 8. The third-order valence-electron chi connectivity index (χ3n) is 5.52. The normalized spacial score (nSPS) is 10.8. The van der Waals surface area contributed by atoms with Crippen molar-refractivity contribution in [2.24, 2.45) is 0 Å². The predicted molar refractivity (Wildman–Crippen MR) is 125 cm³/mol. The molecule has 0 atom stereocenters. The molecule has 0 spiro atoms. The molecular weight excluding hydrogens is 406 g/mol. The molecule has 0 saturated heterocycles. The molecule has 3 aromatic rings. The molecule has 1 aromatic carbocycles. The van der Waals surface area contributed by atoms with Gasteiger partial charge >= 0.3 is 5.97 Å². The highest BCUT2D eigenvalue weighted by atomic mass is 16.4. The monoisotopic (exact) mass is 435 g/mol. The molecule has 3 rings (SSSR count). The second-order valence-corrected chi connectivity index (χ2v) is 7.86. The number of benzene rings is 1. The molecule has 0 bridgehead atoms. The van der Waals surface area contributed by atoms with Gasteiger partial charge in [0.15, 0.2) is 0 Å². The summed E-state index contributed by atoms with van der Waals surface area (Å²) in [6, 6.07) is 8.63. The maximum Gasteiger partial charge on any atom is 0.339 e. The number of carbonyl (C=O) groups is 2. The van der Waals surface area contributed by atoms with E-state index in [-0.39, 0.29) is 11.5 Å². The Labute approximate surface area is 187 Å². The number of anilines is 2. The van der Waals surface area contributed by atoms with E-state index in [0.29, 0.717) is 23.6 Å². The number of aryl methyl sites for hydroxylation is 3. The predicted octanol–water partition coefficient (Wildman–Crippen LogP) is 3.85. The smallest absolute Gasteiger partial charge is 0.339 e. The first-order chi connectivity index (χ1) is 15.2. The Morgan fingerprint density at radius 1 is 1.19 bits per heavy atom. The van der Waals surface area contributed by atoms with Gasteiger partial charge in [0, 0.05) is 31.4 Å². The summed E-state index contributed by atoms with van der Waals surface area (Å²) < 4.78 is 1.97. The lowest BCUT2D eigenvalue weighted by atomic mass is 10.1. The van der Waals surface area contributed by atoms with Crippen LogP contribution >= 0.6 is 0 Å². The largest absolute Gasteiger partial charge is 0.478 e. The molecule has 0 aliphatic heterocycles. The lowest BCUT2D eigenvalue weighted by Crippen LogP contribution is -2.24. The summed E-state index contributed by atoms with van der Waals surface area (Å²) in [6.45, 7) is 9.38. The van der Waals surface area contributed by atoms with E-state index in [0.717, 1.165) is 35.5 Å². The van der Waals surface area contributed by atoms with Crippen LogP contribution in [0.2, 0.25) is 0 Å². The van der Waals surface area contributed by atoms with Crippen molar-refractivity contribution in [1.82, 2.24) is 14.8 Å². The van der Waals surface area contributed by atoms with Gasteiger partial charge in [-0.2, -0.15) is 5.10 Å². The van der Waals surface area contributed by atoms with Gasteiger partial charge in [0.05, 0.1) is 17.6 Å². The average molecular weight is 436 g/mol. The van der Waals surface area contributed by atoms with Crippen molar-refractivity contribution in [3.05, 3.63) is 70.2 Å². The highest BCUT2D eigenvalue weighted by molar-refractivity contribution is 6.05. The molecule has 1 amide bonds. The first-order valence-corrected chi connectivity index (χ1v) is 10.6. The van der Waals surface area contributed by atoms with Crippen LogP contribution in [0.25, 0.3) is 0 Å². The van der Waals surface area contributed by atoms with Crippen LogP contribution in [0.15, 0.2) is 36.5 Å². The van der Waals surface area contributed by atoms with Crippen LogP contribution in [-0.4, -0.2) is 45.3 Å². The SMILES string of the molecule is CCn1nc(C)c(CCN(C)c2ncc(NC(=O)c3cccc(C)c3)cc2C(=O)O)c1C. The Bertz CT molecular complexity index is 1150. The van der Waals surface area contributed by atoms with Gasteiger partial charge in [-0.3, -0.25) is 9.48 Å². The first kappa shape index (κ1) is 23.0. The zero-order chi connectivity index (χ0) is 23.4. The fourth-order valence-electron chi connectivity index (χ4n) is 3.77. The van der Waals surface area contributed by atoms with Crippen LogP contribution in [0.4, 0.5) is 11.5 Å². The number of amides is 1. The Morgan fingerprint density at radius 3 is 2.56 bits per heavy atom. The van der Waals surface area contributed by atoms with E-state index in [1.807, 2.05) is 43.5 Å². The van der Waals surface area contributed by atoms with Gasteiger partial charge in [0.1, 0.15) is 11.4 Å². The molecule has 2 N–H and O–H groups in total. The molecule has 32 heavy (non-hydrogen) atoms. The number of carboxylic acid groups (broad SMARTS) is 1. The summed E-state index contributed by atoms with van der Waals surface area (Å²) in [7, 11) is 1.81. The van der Waals surface area contributed by atoms with Crippen molar-refractivity contribution in [2.75, 3.05) is 23.8 Å². The number of nitrogens with one attached hydrogen (secondary N) is 1. The zero-order valence-electron chi connectivity index (χ0n) is 19.1. The molecule has 0 aliphatic rings. The van der Waals surface area contributed by atoms with Gasteiger partial charge in [-0.25, -0.2) is 9.78 Å². The van der Waals surface area contributed by atoms with Gasteiger partial charge in [-0.05, 0) is 57.9 Å². The third-order valence-corrected chi connectivity index (χ3v) is 5.52. The van der Waals surface area contributed by atoms with Crippen LogP contribution < -0.4 is 10.2 Å². The quantitative estimate of drug-likeness (QED) is 0.557. The number of aromatic carboxylic acids is 1. The van der Waals surface area contributed by atoms with Crippen LogP contribution in [-0.2, 0) is 13.0 Å². The van der Waals surface area contributed by atoms with E-state index in [9.17, 15) is 14.7 Å². The van der Waals surface area contributed by atoms with E-state index >= 15 is 0 Å². The zero-order valence-corrected chi connectivity index (χ0v) is 19.1. The van der Waals surface area contributed by atoms with Crippen molar-refractivity contribution in [2.45, 2.75) is 40.7 Å². The molecule has 0 radical (unpaired) electrons. The Kier molecular flexibility index (Phi) is 6.92. The number of hydrogen-bond acceptors (Lipinski definition) is 5. The minimum Gasteiger partial charge on any atom is -0.478 e. The minimum absolute atomic E-state index is 0.0345. The Balaban J connectivity index is 1.77. The van der Waals surface area contributed by atoms with Crippen molar-refractivity contribution < 1.29 is 14.7 Å². The molecule has 0 aliphatic carbocycles. The van der Waals surface area contributed by atoms with Crippen LogP contribution in [0.1, 0.15) is 50.2 Å². The number of likely N-dealkylation sites (N-methyl/N-ethyl adjacent to an activating group) is 1. The van der Waals surface area contributed by atoms with Gasteiger partial charge < -0.3 is 15.3 Å². The summed E-state index contributed by atoms with van der Waals surface area (Å²) in [4.78, 5) is 30.6. The topological polar surface area (TPSA) is 100 Å². The molecule has 8 heteroatoms.